The summed E-state index contributed by atoms with van der Waals surface area (Å²) in [7, 11) is 1.35. The van der Waals surface area contributed by atoms with E-state index in [0.29, 0.717) is 0 Å². The lowest BCUT2D eigenvalue weighted by Gasteiger charge is -2.43. The molecule has 22 heavy (non-hydrogen) atoms. The Balaban J connectivity index is 2.96. The molecule has 0 bridgehead atoms. The van der Waals surface area contributed by atoms with E-state index in [1.165, 1.54) is 27.9 Å². The van der Waals surface area contributed by atoms with Gasteiger partial charge in [0.1, 0.15) is 24.9 Å². The molecule has 1 rings (SSSR count). The van der Waals surface area contributed by atoms with Crippen molar-refractivity contribution < 1.29 is 38.4 Å². The molecule has 0 aliphatic carbocycles. The molecule has 9 nitrogen and oxygen atoms in total. The van der Waals surface area contributed by atoms with Gasteiger partial charge < -0.3 is 29.4 Å². The lowest BCUT2D eigenvalue weighted by atomic mass is 9.96. The highest BCUT2D eigenvalue weighted by Crippen LogP contribution is 2.25. The minimum Gasteiger partial charge on any atom is -0.463 e. The number of rotatable bonds is 5. The second-order valence-electron chi connectivity index (χ2n) is 4.87. The van der Waals surface area contributed by atoms with Gasteiger partial charge >= 0.3 is 11.9 Å². The molecule has 9 heteroatoms. The number of carbonyl (C=O) groups excluding carboxylic acids is 3. The zero-order valence-corrected chi connectivity index (χ0v) is 12.9. The van der Waals surface area contributed by atoms with E-state index < -0.39 is 48.5 Å². The van der Waals surface area contributed by atoms with Crippen LogP contribution in [-0.2, 0) is 33.3 Å². The molecular weight excluding hydrogens is 298 g/mol. The van der Waals surface area contributed by atoms with Crippen molar-refractivity contribution in [2.45, 2.75) is 51.4 Å². The van der Waals surface area contributed by atoms with Crippen molar-refractivity contribution in [1.82, 2.24) is 5.32 Å². The molecule has 1 aliphatic heterocycles. The van der Waals surface area contributed by atoms with Crippen molar-refractivity contribution in [3.63, 3.8) is 0 Å². The van der Waals surface area contributed by atoms with E-state index in [4.69, 9.17) is 18.9 Å². The molecule has 2 N–H and O–H groups in total. The Morgan fingerprint density at radius 2 is 1.77 bits per heavy atom. The molecule has 1 fully saturated rings. The summed E-state index contributed by atoms with van der Waals surface area (Å²) in [6, 6.07) is -1.00. The zero-order valence-electron chi connectivity index (χ0n) is 12.9. The maximum Gasteiger partial charge on any atom is 0.303 e. The Labute approximate surface area is 127 Å². The van der Waals surface area contributed by atoms with Gasteiger partial charge in [-0.1, -0.05) is 0 Å². The maximum atomic E-state index is 11.3. The third-order valence-electron chi connectivity index (χ3n) is 3.06. The SMILES string of the molecule is CO[C@@H]1C(COC(C)=O)OC(O)C(NC(C)=O)[C@H]1OC(C)=O. The fourth-order valence-corrected chi connectivity index (χ4v) is 2.26. The van der Waals surface area contributed by atoms with Crippen LogP contribution in [-0.4, -0.2) is 67.3 Å². The molecule has 0 radical (unpaired) electrons. The fourth-order valence-electron chi connectivity index (χ4n) is 2.26. The van der Waals surface area contributed by atoms with Crippen molar-refractivity contribution >= 4 is 17.8 Å². The summed E-state index contributed by atoms with van der Waals surface area (Å²) < 4.78 is 20.6. The van der Waals surface area contributed by atoms with Gasteiger partial charge in [-0.25, -0.2) is 0 Å². The lowest BCUT2D eigenvalue weighted by Crippen LogP contribution is -2.65. The Morgan fingerprint density at radius 1 is 1.14 bits per heavy atom. The Kier molecular flexibility index (Phi) is 6.72. The van der Waals surface area contributed by atoms with Crippen LogP contribution in [0.4, 0.5) is 0 Å². The Bertz CT molecular complexity index is 426. The number of aliphatic hydroxyl groups is 1. The smallest absolute Gasteiger partial charge is 0.303 e. The molecule has 1 saturated heterocycles. The van der Waals surface area contributed by atoms with Crippen LogP contribution in [0.15, 0.2) is 0 Å². The number of ether oxygens (including phenoxy) is 4. The molecule has 0 saturated carbocycles. The number of carbonyl (C=O) groups is 3. The van der Waals surface area contributed by atoms with Crippen LogP contribution in [0.5, 0.6) is 0 Å². The molecule has 126 valence electrons. The van der Waals surface area contributed by atoms with Gasteiger partial charge in [0, 0.05) is 27.9 Å². The third-order valence-corrected chi connectivity index (χ3v) is 3.06. The van der Waals surface area contributed by atoms with Crippen LogP contribution in [0.2, 0.25) is 0 Å². The van der Waals surface area contributed by atoms with Gasteiger partial charge in [0.05, 0.1) is 0 Å². The molecule has 3 unspecified atom stereocenters. The molecular formula is C13H21NO8. The highest BCUT2D eigenvalue weighted by atomic mass is 16.7. The number of nitrogens with one attached hydrogen (secondary N) is 1. The van der Waals surface area contributed by atoms with Crippen LogP contribution in [0, 0.1) is 0 Å². The summed E-state index contributed by atoms with van der Waals surface area (Å²) in [6.07, 6.45) is -4.11. The highest BCUT2D eigenvalue weighted by molar-refractivity contribution is 5.73. The Hall–Kier alpha value is -1.71. The highest BCUT2D eigenvalue weighted by Gasteiger charge is 2.48. The van der Waals surface area contributed by atoms with E-state index in [0.717, 1.165) is 0 Å². The van der Waals surface area contributed by atoms with Crippen LogP contribution >= 0.6 is 0 Å². The maximum absolute atomic E-state index is 11.3. The quantitative estimate of drug-likeness (QED) is 0.601. The predicted octanol–water partition coefficient (Wildman–Crippen LogP) is -1.28. The summed E-state index contributed by atoms with van der Waals surface area (Å²) >= 11 is 0. The van der Waals surface area contributed by atoms with Crippen molar-refractivity contribution in [2.24, 2.45) is 0 Å². The number of amides is 1. The van der Waals surface area contributed by atoms with Crippen molar-refractivity contribution in [3.8, 4) is 0 Å². The van der Waals surface area contributed by atoms with Gasteiger partial charge in [-0.3, -0.25) is 14.4 Å². The van der Waals surface area contributed by atoms with Gasteiger partial charge in [-0.15, -0.1) is 0 Å². The minimum absolute atomic E-state index is 0.185. The lowest BCUT2D eigenvalue weighted by molar-refractivity contribution is -0.264. The van der Waals surface area contributed by atoms with Gasteiger partial charge in [0.15, 0.2) is 12.4 Å². The number of hydrogen-bond donors (Lipinski definition) is 2. The molecule has 0 aromatic carbocycles. The van der Waals surface area contributed by atoms with Crippen molar-refractivity contribution in [1.29, 1.82) is 0 Å². The number of hydrogen-bond acceptors (Lipinski definition) is 8. The second kappa shape index (κ2) is 8.06. The molecule has 0 spiro atoms. The van der Waals surface area contributed by atoms with Crippen LogP contribution in [0.25, 0.3) is 0 Å². The second-order valence-corrected chi connectivity index (χ2v) is 4.87. The summed E-state index contributed by atoms with van der Waals surface area (Å²) in [5.41, 5.74) is 0. The normalized spacial score (nSPS) is 31.2. The molecule has 1 amide bonds. The first-order chi connectivity index (χ1) is 10.3. The average molecular weight is 319 g/mol. The van der Waals surface area contributed by atoms with Gasteiger partial charge in [-0.05, 0) is 0 Å². The van der Waals surface area contributed by atoms with Gasteiger partial charge in [0.25, 0.3) is 0 Å². The molecule has 0 aromatic rings. The summed E-state index contributed by atoms with van der Waals surface area (Å²) in [5, 5.41) is 12.5. The zero-order chi connectivity index (χ0) is 16.9. The third kappa shape index (κ3) is 4.93. The number of esters is 2. The van der Waals surface area contributed by atoms with E-state index in [-0.39, 0.29) is 6.61 Å². The molecule has 0 aromatic heterocycles. The first kappa shape index (κ1) is 18.3. The summed E-state index contributed by atoms with van der Waals surface area (Å²) in [4.78, 5) is 33.4. The Morgan fingerprint density at radius 3 is 2.23 bits per heavy atom. The van der Waals surface area contributed by atoms with Crippen LogP contribution in [0.1, 0.15) is 20.8 Å². The van der Waals surface area contributed by atoms with E-state index in [1.807, 2.05) is 0 Å². The number of aliphatic hydroxyl groups excluding tert-OH is 1. The van der Waals surface area contributed by atoms with E-state index >= 15 is 0 Å². The predicted molar refractivity (Wildman–Crippen MR) is 71.5 cm³/mol. The van der Waals surface area contributed by atoms with Crippen molar-refractivity contribution in [2.75, 3.05) is 13.7 Å². The average Bonchev–Trinajstić information content (AvgIpc) is 2.39. The van der Waals surface area contributed by atoms with Crippen LogP contribution in [0.3, 0.4) is 0 Å². The van der Waals surface area contributed by atoms with Gasteiger partial charge in [-0.2, -0.15) is 0 Å². The summed E-state index contributed by atoms with van der Waals surface area (Å²) in [5.74, 6) is -1.57. The summed E-state index contributed by atoms with van der Waals surface area (Å²) in [6.45, 7) is 3.49. The van der Waals surface area contributed by atoms with E-state index in [1.54, 1.807) is 0 Å². The van der Waals surface area contributed by atoms with Gasteiger partial charge in [0.2, 0.25) is 5.91 Å². The van der Waals surface area contributed by atoms with Crippen molar-refractivity contribution in [3.05, 3.63) is 0 Å². The first-order valence-corrected chi connectivity index (χ1v) is 6.70. The monoisotopic (exact) mass is 319 g/mol. The fraction of sp³-hybridized carbons (Fsp3) is 0.769. The number of methoxy groups -OCH3 is 1. The standard InChI is InChI=1S/C13H21NO8/c1-6(15)14-10-12(21-8(3)17)11(19-4)9(22-13(10)18)5-20-7(2)16/h9-13,18H,5H2,1-4H3,(H,14,15)/t9?,10?,11-,12-,13?/m1/s1. The molecule has 1 heterocycles. The molecule has 1 aliphatic rings. The largest absolute Gasteiger partial charge is 0.463 e. The minimum atomic E-state index is -1.44. The first-order valence-electron chi connectivity index (χ1n) is 6.70. The molecule has 5 atom stereocenters. The topological polar surface area (TPSA) is 120 Å². The van der Waals surface area contributed by atoms with Crippen LogP contribution < -0.4 is 5.32 Å². The van der Waals surface area contributed by atoms with E-state index in [9.17, 15) is 19.5 Å². The van der Waals surface area contributed by atoms with E-state index in [2.05, 4.69) is 5.32 Å².